The summed E-state index contributed by atoms with van der Waals surface area (Å²) in [6.07, 6.45) is 1.06. The summed E-state index contributed by atoms with van der Waals surface area (Å²) in [5.41, 5.74) is 0.846. The van der Waals surface area contributed by atoms with E-state index in [1.54, 1.807) is 18.3 Å². The van der Waals surface area contributed by atoms with Gasteiger partial charge in [-0.2, -0.15) is 0 Å². The lowest BCUT2D eigenvalue weighted by molar-refractivity contribution is 0.122. The SMILES string of the molecule is CN(Cc1ncc(Cl)n1C)CC(O)c1ccc(Cl)cc1. The van der Waals surface area contributed by atoms with Gasteiger partial charge in [0.05, 0.1) is 18.8 Å². The summed E-state index contributed by atoms with van der Waals surface area (Å²) in [5.74, 6) is 0.862. The van der Waals surface area contributed by atoms with Gasteiger partial charge in [0.25, 0.3) is 0 Å². The zero-order valence-electron chi connectivity index (χ0n) is 11.4. The number of hydrogen-bond donors (Lipinski definition) is 1. The van der Waals surface area contributed by atoms with E-state index in [1.165, 1.54) is 0 Å². The van der Waals surface area contributed by atoms with Gasteiger partial charge in [-0.05, 0) is 24.7 Å². The fourth-order valence-corrected chi connectivity index (χ4v) is 2.24. The Morgan fingerprint density at radius 3 is 2.50 bits per heavy atom. The highest BCUT2D eigenvalue weighted by Gasteiger charge is 2.13. The third-order valence-electron chi connectivity index (χ3n) is 3.18. The zero-order chi connectivity index (χ0) is 14.7. The molecule has 4 nitrogen and oxygen atoms in total. The van der Waals surface area contributed by atoms with Crippen LogP contribution in [-0.2, 0) is 13.6 Å². The molecule has 2 rings (SSSR count). The highest BCUT2D eigenvalue weighted by Crippen LogP contribution is 2.18. The Labute approximate surface area is 128 Å². The summed E-state index contributed by atoms with van der Waals surface area (Å²) in [4.78, 5) is 6.24. The second-order valence-electron chi connectivity index (χ2n) is 4.82. The molecule has 0 saturated heterocycles. The van der Waals surface area contributed by atoms with Crippen molar-refractivity contribution in [3.63, 3.8) is 0 Å². The van der Waals surface area contributed by atoms with Crippen molar-refractivity contribution in [3.8, 4) is 0 Å². The number of aliphatic hydroxyl groups is 1. The van der Waals surface area contributed by atoms with Gasteiger partial charge in [0.2, 0.25) is 0 Å². The van der Waals surface area contributed by atoms with Crippen LogP contribution in [0.3, 0.4) is 0 Å². The molecule has 0 aliphatic rings. The Balaban J connectivity index is 1.95. The summed E-state index contributed by atoms with van der Waals surface area (Å²) >= 11 is 11.8. The van der Waals surface area contributed by atoms with Gasteiger partial charge in [-0.3, -0.25) is 4.90 Å². The normalized spacial score (nSPS) is 12.9. The van der Waals surface area contributed by atoms with E-state index in [4.69, 9.17) is 23.2 Å². The first-order valence-electron chi connectivity index (χ1n) is 6.25. The average molecular weight is 314 g/mol. The highest BCUT2D eigenvalue weighted by atomic mass is 35.5. The summed E-state index contributed by atoms with van der Waals surface area (Å²) in [7, 11) is 3.80. The van der Waals surface area contributed by atoms with Gasteiger partial charge >= 0.3 is 0 Å². The summed E-state index contributed by atoms with van der Waals surface area (Å²) in [5, 5.41) is 11.5. The van der Waals surface area contributed by atoms with Crippen molar-refractivity contribution in [3.05, 3.63) is 52.0 Å². The Bertz CT molecular complexity index is 568. The van der Waals surface area contributed by atoms with Crippen molar-refractivity contribution in [2.24, 2.45) is 7.05 Å². The smallest absolute Gasteiger partial charge is 0.128 e. The number of rotatable bonds is 5. The summed E-state index contributed by atoms with van der Waals surface area (Å²) in [6.45, 7) is 1.12. The molecule has 0 fully saturated rings. The molecule has 0 spiro atoms. The molecule has 0 aliphatic heterocycles. The van der Waals surface area contributed by atoms with Gasteiger partial charge in [-0.15, -0.1) is 0 Å². The van der Waals surface area contributed by atoms with Gasteiger partial charge in [0.15, 0.2) is 0 Å². The average Bonchev–Trinajstić information content (AvgIpc) is 2.71. The maximum Gasteiger partial charge on any atom is 0.128 e. The molecule has 0 amide bonds. The quantitative estimate of drug-likeness (QED) is 0.922. The molecule has 0 aliphatic carbocycles. The second-order valence-corrected chi connectivity index (χ2v) is 5.64. The highest BCUT2D eigenvalue weighted by molar-refractivity contribution is 6.30. The lowest BCUT2D eigenvalue weighted by Crippen LogP contribution is -2.25. The predicted octanol–water partition coefficient (Wildman–Crippen LogP) is 2.89. The van der Waals surface area contributed by atoms with Crippen molar-refractivity contribution in [2.75, 3.05) is 13.6 Å². The van der Waals surface area contributed by atoms with E-state index >= 15 is 0 Å². The van der Waals surface area contributed by atoms with Gasteiger partial charge in [0, 0.05) is 18.6 Å². The van der Waals surface area contributed by atoms with Crippen LogP contribution in [0.4, 0.5) is 0 Å². The Morgan fingerprint density at radius 1 is 1.30 bits per heavy atom. The van der Waals surface area contributed by atoms with Crippen molar-refractivity contribution >= 4 is 23.2 Å². The molecule has 0 bridgehead atoms. The van der Waals surface area contributed by atoms with E-state index in [0.717, 1.165) is 11.4 Å². The molecular formula is C14H17Cl2N3O. The van der Waals surface area contributed by atoms with Gasteiger partial charge in [0.1, 0.15) is 11.0 Å². The van der Waals surface area contributed by atoms with E-state index in [2.05, 4.69) is 4.98 Å². The lowest BCUT2D eigenvalue weighted by atomic mass is 10.1. The van der Waals surface area contributed by atoms with Gasteiger partial charge in [-0.25, -0.2) is 4.98 Å². The molecule has 0 saturated carbocycles. The van der Waals surface area contributed by atoms with Crippen LogP contribution in [0.5, 0.6) is 0 Å². The van der Waals surface area contributed by atoms with Crippen molar-refractivity contribution in [2.45, 2.75) is 12.6 Å². The number of imidazole rings is 1. The molecule has 20 heavy (non-hydrogen) atoms. The summed E-state index contributed by atoms with van der Waals surface area (Å²) < 4.78 is 1.83. The minimum atomic E-state index is -0.562. The van der Waals surface area contributed by atoms with E-state index in [9.17, 15) is 5.11 Å². The number of hydrogen-bond acceptors (Lipinski definition) is 3. The topological polar surface area (TPSA) is 41.3 Å². The first-order valence-corrected chi connectivity index (χ1v) is 7.01. The van der Waals surface area contributed by atoms with Crippen LogP contribution in [0.2, 0.25) is 10.2 Å². The number of aliphatic hydroxyl groups excluding tert-OH is 1. The first kappa shape index (κ1) is 15.3. The van der Waals surface area contributed by atoms with Crippen LogP contribution in [-0.4, -0.2) is 33.1 Å². The van der Waals surface area contributed by atoms with Crippen LogP contribution >= 0.6 is 23.2 Å². The number of aromatic nitrogens is 2. The van der Waals surface area contributed by atoms with Crippen LogP contribution in [0, 0.1) is 0 Å². The van der Waals surface area contributed by atoms with Gasteiger partial charge < -0.3 is 9.67 Å². The first-order chi connectivity index (χ1) is 9.47. The Morgan fingerprint density at radius 2 is 1.95 bits per heavy atom. The van der Waals surface area contributed by atoms with E-state index in [-0.39, 0.29) is 0 Å². The van der Waals surface area contributed by atoms with E-state index in [0.29, 0.717) is 23.3 Å². The monoisotopic (exact) mass is 313 g/mol. The molecular weight excluding hydrogens is 297 g/mol. The van der Waals surface area contributed by atoms with Crippen LogP contribution < -0.4 is 0 Å². The van der Waals surface area contributed by atoms with Crippen LogP contribution in [0.25, 0.3) is 0 Å². The second kappa shape index (κ2) is 6.59. The van der Waals surface area contributed by atoms with E-state index < -0.39 is 6.10 Å². The third kappa shape index (κ3) is 3.73. The Hall–Kier alpha value is -1.07. The lowest BCUT2D eigenvalue weighted by Gasteiger charge is -2.20. The molecule has 1 N–H and O–H groups in total. The zero-order valence-corrected chi connectivity index (χ0v) is 12.9. The molecule has 1 heterocycles. The minimum Gasteiger partial charge on any atom is -0.387 e. The number of benzene rings is 1. The maximum atomic E-state index is 10.2. The molecule has 1 aromatic heterocycles. The maximum absolute atomic E-state index is 10.2. The molecule has 2 aromatic rings. The fraction of sp³-hybridized carbons (Fsp3) is 0.357. The number of halogens is 2. The molecule has 108 valence electrons. The fourth-order valence-electron chi connectivity index (χ4n) is 1.96. The number of likely N-dealkylation sites (N-methyl/N-ethyl adjacent to an activating group) is 1. The molecule has 1 aromatic carbocycles. The number of nitrogens with zero attached hydrogens (tertiary/aromatic N) is 3. The largest absolute Gasteiger partial charge is 0.387 e. The van der Waals surface area contributed by atoms with Gasteiger partial charge in [-0.1, -0.05) is 35.3 Å². The molecule has 1 unspecified atom stereocenters. The molecule has 6 heteroatoms. The summed E-state index contributed by atoms with van der Waals surface area (Å²) in [6, 6.07) is 7.22. The minimum absolute atomic E-state index is 0.506. The molecule has 1 atom stereocenters. The van der Waals surface area contributed by atoms with Crippen LogP contribution in [0.15, 0.2) is 30.5 Å². The molecule has 0 radical (unpaired) electrons. The van der Waals surface area contributed by atoms with E-state index in [1.807, 2.05) is 35.7 Å². The predicted molar refractivity (Wildman–Crippen MR) is 81.0 cm³/mol. The Kier molecular flexibility index (Phi) is 5.05. The van der Waals surface area contributed by atoms with Crippen LogP contribution in [0.1, 0.15) is 17.5 Å². The standard InChI is InChI=1S/C14H17Cl2N3O/c1-18(9-14-17-7-13(16)19(14)2)8-12(20)10-3-5-11(15)6-4-10/h3-7,12,20H,8-9H2,1-2H3. The third-order valence-corrected chi connectivity index (χ3v) is 3.78. The van der Waals surface area contributed by atoms with Crippen molar-refractivity contribution < 1.29 is 5.11 Å². The van der Waals surface area contributed by atoms with Crippen molar-refractivity contribution in [1.82, 2.24) is 14.5 Å². The van der Waals surface area contributed by atoms with Crippen molar-refractivity contribution in [1.29, 1.82) is 0 Å².